The van der Waals surface area contributed by atoms with E-state index in [9.17, 15) is 5.11 Å². The molecule has 1 aromatic heterocycles. The first kappa shape index (κ1) is 13.5. The minimum atomic E-state index is 0.196. The van der Waals surface area contributed by atoms with Crippen LogP contribution in [0.4, 0.5) is 0 Å². The molecular weight excluding hydrogens is 230 g/mol. The van der Waals surface area contributed by atoms with E-state index < -0.39 is 0 Å². The Morgan fingerprint density at radius 1 is 1.56 bits per heavy atom. The van der Waals surface area contributed by atoms with Crippen LogP contribution in [-0.2, 0) is 24.8 Å². The molecular formula is C13H23N3O2. The van der Waals surface area contributed by atoms with Gasteiger partial charge in [0.15, 0.2) is 0 Å². The van der Waals surface area contributed by atoms with Crippen LogP contribution in [0.5, 0.6) is 0 Å². The lowest BCUT2D eigenvalue weighted by atomic mass is 10.2. The van der Waals surface area contributed by atoms with Crippen molar-refractivity contribution in [2.45, 2.75) is 38.5 Å². The first-order chi connectivity index (χ1) is 8.67. The summed E-state index contributed by atoms with van der Waals surface area (Å²) in [5, 5.41) is 13.9. The Hall–Kier alpha value is -0.910. The van der Waals surface area contributed by atoms with Crippen LogP contribution in [0.3, 0.4) is 0 Å². The molecule has 0 aliphatic carbocycles. The number of aliphatic hydroxyl groups is 1. The summed E-state index contributed by atoms with van der Waals surface area (Å²) in [5.74, 6) is 0. The monoisotopic (exact) mass is 253 g/mol. The fourth-order valence-electron chi connectivity index (χ4n) is 2.72. The zero-order chi connectivity index (χ0) is 13.1. The standard InChI is InChI=1S/C13H23N3O2/c1-4-13-10(6-15(2)14-13)7-16-8-12(18-3)5-11(16)9-17/h6,11-12,17H,4-5,7-9H2,1-3H3/t11-,12+/m0/s1. The van der Waals surface area contributed by atoms with Gasteiger partial charge in [0.25, 0.3) is 0 Å². The summed E-state index contributed by atoms with van der Waals surface area (Å²) in [6, 6.07) is 0.208. The molecule has 0 amide bonds. The van der Waals surface area contributed by atoms with Gasteiger partial charge in [-0.05, 0) is 12.8 Å². The fraction of sp³-hybridized carbons (Fsp3) is 0.769. The van der Waals surface area contributed by atoms with Crippen molar-refractivity contribution >= 4 is 0 Å². The van der Waals surface area contributed by atoms with Crippen molar-refractivity contribution in [2.75, 3.05) is 20.3 Å². The zero-order valence-electron chi connectivity index (χ0n) is 11.5. The lowest BCUT2D eigenvalue weighted by Gasteiger charge is -2.21. The van der Waals surface area contributed by atoms with Gasteiger partial charge in [-0.2, -0.15) is 5.10 Å². The van der Waals surface area contributed by atoms with Gasteiger partial charge in [-0.25, -0.2) is 0 Å². The van der Waals surface area contributed by atoms with Gasteiger partial charge in [0.1, 0.15) is 0 Å². The molecule has 102 valence electrons. The van der Waals surface area contributed by atoms with Crippen molar-refractivity contribution in [1.82, 2.24) is 14.7 Å². The van der Waals surface area contributed by atoms with Gasteiger partial charge < -0.3 is 9.84 Å². The van der Waals surface area contributed by atoms with E-state index in [1.54, 1.807) is 7.11 Å². The summed E-state index contributed by atoms with van der Waals surface area (Å²) in [6.07, 6.45) is 4.17. The topological polar surface area (TPSA) is 50.5 Å². The molecule has 0 aromatic carbocycles. The van der Waals surface area contributed by atoms with Crippen molar-refractivity contribution < 1.29 is 9.84 Å². The molecule has 5 heteroatoms. The molecule has 2 atom stereocenters. The maximum absolute atomic E-state index is 9.44. The van der Waals surface area contributed by atoms with Gasteiger partial charge in [0.2, 0.25) is 0 Å². The van der Waals surface area contributed by atoms with E-state index in [4.69, 9.17) is 4.74 Å². The van der Waals surface area contributed by atoms with Crippen LogP contribution in [0, 0.1) is 0 Å². The highest BCUT2D eigenvalue weighted by molar-refractivity contribution is 5.17. The second-order valence-corrected chi connectivity index (χ2v) is 4.99. The number of rotatable bonds is 5. The molecule has 0 radical (unpaired) electrons. The summed E-state index contributed by atoms with van der Waals surface area (Å²) < 4.78 is 7.27. The number of aryl methyl sites for hydroxylation is 2. The third-order valence-electron chi connectivity index (χ3n) is 3.73. The third-order valence-corrected chi connectivity index (χ3v) is 3.73. The minimum absolute atomic E-state index is 0.196. The number of ether oxygens (including phenoxy) is 1. The number of hydrogen-bond donors (Lipinski definition) is 1. The van der Waals surface area contributed by atoms with E-state index in [0.717, 1.165) is 31.6 Å². The fourth-order valence-corrected chi connectivity index (χ4v) is 2.72. The summed E-state index contributed by atoms with van der Waals surface area (Å²) >= 11 is 0. The quantitative estimate of drug-likeness (QED) is 0.833. The molecule has 1 aromatic rings. The predicted molar refractivity (Wildman–Crippen MR) is 69.3 cm³/mol. The second kappa shape index (κ2) is 5.82. The summed E-state index contributed by atoms with van der Waals surface area (Å²) in [7, 11) is 3.69. The van der Waals surface area contributed by atoms with Crippen LogP contribution in [0.25, 0.3) is 0 Å². The number of likely N-dealkylation sites (tertiary alicyclic amines) is 1. The molecule has 0 unspecified atom stereocenters. The van der Waals surface area contributed by atoms with E-state index in [0.29, 0.717) is 0 Å². The van der Waals surface area contributed by atoms with Crippen LogP contribution in [0.2, 0.25) is 0 Å². The van der Waals surface area contributed by atoms with Crippen molar-refractivity contribution in [3.05, 3.63) is 17.5 Å². The Labute approximate surface area is 108 Å². The van der Waals surface area contributed by atoms with Crippen LogP contribution in [0.15, 0.2) is 6.20 Å². The van der Waals surface area contributed by atoms with E-state index in [2.05, 4.69) is 23.1 Å². The molecule has 0 spiro atoms. The Balaban J connectivity index is 2.07. The molecule has 5 nitrogen and oxygen atoms in total. The molecule has 1 aliphatic heterocycles. The van der Waals surface area contributed by atoms with Crippen LogP contribution in [-0.4, -0.2) is 52.2 Å². The SMILES string of the molecule is CCc1nn(C)cc1CN1C[C@H](OC)C[C@H]1CO. The first-order valence-electron chi connectivity index (χ1n) is 6.57. The number of aromatic nitrogens is 2. The molecule has 1 saturated heterocycles. The highest BCUT2D eigenvalue weighted by atomic mass is 16.5. The average molecular weight is 253 g/mol. The molecule has 0 bridgehead atoms. The van der Waals surface area contributed by atoms with E-state index in [1.807, 2.05) is 11.7 Å². The lowest BCUT2D eigenvalue weighted by molar-refractivity contribution is 0.107. The Bertz CT molecular complexity index is 392. The summed E-state index contributed by atoms with van der Waals surface area (Å²) in [5.41, 5.74) is 2.41. The molecule has 0 saturated carbocycles. The van der Waals surface area contributed by atoms with Gasteiger partial charge >= 0.3 is 0 Å². The molecule has 2 heterocycles. The Kier molecular flexibility index (Phi) is 4.37. The van der Waals surface area contributed by atoms with Crippen molar-refractivity contribution in [3.63, 3.8) is 0 Å². The molecule has 1 aliphatic rings. The van der Waals surface area contributed by atoms with Gasteiger partial charge in [-0.1, -0.05) is 6.92 Å². The summed E-state index contributed by atoms with van der Waals surface area (Å²) in [6.45, 7) is 4.06. The molecule has 18 heavy (non-hydrogen) atoms. The molecule has 1 fully saturated rings. The smallest absolute Gasteiger partial charge is 0.0714 e. The summed E-state index contributed by atoms with van der Waals surface area (Å²) in [4.78, 5) is 2.30. The largest absolute Gasteiger partial charge is 0.395 e. The van der Waals surface area contributed by atoms with E-state index in [-0.39, 0.29) is 18.8 Å². The van der Waals surface area contributed by atoms with E-state index in [1.165, 1.54) is 5.56 Å². The minimum Gasteiger partial charge on any atom is -0.395 e. The molecule has 2 rings (SSSR count). The van der Waals surface area contributed by atoms with Crippen LogP contribution in [0.1, 0.15) is 24.6 Å². The third kappa shape index (κ3) is 2.74. The highest BCUT2D eigenvalue weighted by Gasteiger charge is 2.32. The normalized spacial score (nSPS) is 24.9. The maximum atomic E-state index is 9.44. The van der Waals surface area contributed by atoms with Gasteiger partial charge in [-0.3, -0.25) is 9.58 Å². The van der Waals surface area contributed by atoms with Gasteiger partial charge in [0.05, 0.1) is 18.4 Å². The zero-order valence-corrected chi connectivity index (χ0v) is 11.5. The number of methoxy groups -OCH3 is 1. The lowest BCUT2D eigenvalue weighted by Crippen LogP contribution is -2.32. The average Bonchev–Trinajstić information content (AvgIpc) is 2.92. The highest BCUT2D eigenvalue weighted by Crippen LogP contribution is 2.23. The second-order valence-electron chi connectivity index (χ2n) is 4.99. The Morgan fingerprint density at radius 2 is 2.33 bits per heavy atom. The van der Waals surface area contributed by atoms with Crippen LogP contribution >= 0.6 is 0 Å². The van der Waals surface area contributed by atoms with Gasteiger partial charge in [-0.15, -0.1) is 0 Å². The predicted octanol–water partition coefficient (Wildman–Crippen LogP) is 0.564. The Morgan fingerprint density at radius 3 is 2.94 bits per heavy atom. The van der Waals surface area contributed by atoms with Gasteiger partial charge in [0, 0.05) is 45.0 Å². The number of hydrogen-bond acceptors (Lipinski definition) is 4. The number of nitrogens with zero attached hydrogens (tertiary/aromatic N) is 3. The van der Waals surface area contributed by atoms with Crippen molar-refractivity contribution in [2.24, 2.45) is 7.05 Å². The van der Waals surface area contributed by atoms with Crippen LogP contribution < -0.4 is 0 Å². The van der Waals surface area contributed by atoms with Crippen molar-refractivity contribution in [3.8, 4) is 0 Å². The number of aliphatic hydroxyl groups excluding tert-OH is 1. The first-order valence-corrected chi connectivity index (χ1v) is 6.57. The molecule has 1 N–H and O–H groups in total. The van der Waals surface area contributed by atoms with Crippen molar-refractivity contribution in [1.29, 1.82) is 0 Å². The maximum Gasteiger partial charge on any atom is 0.0714 e. The van der Waals surface area contributed by atoms with E-state index >= 15 is 0 Å².